The minimum atomic E-state index is 0.0286. The maximum Gasteiger partial charge on any atom is 0.351 e. The first-order chi connectivity index (χ1) is 15.1. The van der Waals surface area contributed by atoms with E-state index in [9.17, 15) is 4.79 Å². The predicted octanol–water partition coefficient (Wildman–Crippen LogP) is 3.06. The largest absolute Gasteiger partial charge is 0.381 e. The number of H-pyrrole nitrogens is 1. The Balaban J connectivity index is 1.24. The van der Waals surface area contributed by atoms with Gasteiger partial charge < -0.3 is 10.1 Å². The van der Waals surface area contributed by atoms with Crippen LogP contribution in [0.15, 0.2) is 24.4 Å². The van der Waals surface area contributed by atoms with E-state index in [-0.39, 0.29) is 11.4 Å². The fourth-order valence-corrected chi connectivity index (χ4v) is 7.53. The number of imidazole rings is 1. The lowest BCUT2D eigenvalue weighted by atomic mass is 9.53. The first-order valence-corrected chi connectivity index (χ1v) is 12.2. The third-order valence-corrected chi connectivity index (χ3v) is 8.56. The fourth-order valence-electron chi connectivity index (χ4n) is 7.53. The Morgan fingerprint density at radius 1 is 1.16 bits per heavy atom. The van der Waals surface area contributed by atoms with Crippen LogP contribution in [0.25, 0.3) is 5.52 Å². The predicted molar refractivity (Wildman–Crippen MR) is 118 cm³/mol. The van der Waals surface area contributed by atoms with Crippen molar-refractivity contribution in [3.8, 4) is 0 Å². The van der Waals surface area contributed by atoms with Crippen LogP contribution in [0.5, 0.6) is 0 Å². The van der Waals surface area contributed by atoms with Crippen molar-refractivity contribution in [3.63, 3.8) is 0 Å². The molecule has 0 atom stereocenters. The van der Waals surface area contributed by atoms with Gasteiger partial charge >= 0.3 is 11.7 Å². The number of methoxy groups -OCH3 is 1. The quantitative estimate of drug-likeness (QED) is 0.727. The van der Waals surface area contributed by atoms with E-state index < -0.39 is 0 Å². The number of aromatic nitrogens is 2. The maximum atomic E-state index is 13.5. The third-order valence-electron chi connectivity index (χ3n) is 8.56. The number of aromatic amines is 1. The Morgan fingerprint density at radius 2 is 1.84 bits per heavy atom. The summed E-state index contributed by atoms with van der Waals surface area (Å²) < 4.78 is 7.57. The van der Waals surface area contributed by atoms with Crippen LogP contribution in [0, 0.1) is 17.8 Å². The molecule has 5 aliphatic rings. The van der Waals surface area contributed by atoms with Crippen molar-refractivity contribution in [2.75, 3.05) is 20.2 Å². The number of amides is 1. The van der Waals surface area contributed by atoms with Crippen LogP contribution in [0.1, 0.15) is 67.7 Å². The van der Waals surface area contributed by atoms with Gasteiger partial charge in [-0.15, -0.1) is 0 Å². The second kappa shape index (κ2) is 7.59. The fraction of sp³-hybridized carbons (Fsp3) is 0.680. The molecule has 1 saturated heterocycles. The van der Waals surface area contributed by atoms with Crippen molar-refractivity contribution in [1.29, 1.82) is 0 Å². The molecule has 2 N–H and O–H groups in total. The molecule has 166 valence electrons. The van der Waals surface area contributed by atoms with Gasteiger partial charge in [-0.25, -0.2) is 4.98 Å². The van der Waals surface area contributed by atoms with E-state index in [0.717, 1.165) is 61.4 Å². The molecule has 6 heteroatoms. The van der Waals surface area contributed by atoms with Gasteiger partial charge in [-0.2, -0.15) is 4.40 Å². The third kappa shape index (κ3) is 3.58. The molecular weight excluding hydrogens is 388 g/mol. The van der Waals surface area contributed by atoms with Gasteiger partial charge in [0.2, 0.25) is 0 Å². The lowest BCUT2D eigenvalue weighted by Gasteiger charge is -2.56. The average molecular weight is 424 g/mol. The number of hydrogen-bond donors (Lipinski definition) is 2. The molecule has 31 heavy (non-hydrogen) atoms. The minimum Gasteiger partial charge on any atom is -0.381 e. The smallest absolute Gasteiger partial charge is 0.351 e. The number of rotatable bonds is 5. The Bertz CT molecular complexity index is 940. The summed E-state index contributed by atoms with van der Waals surface area (Å²) in [5.41, 5.74) is 2.26. The van der Waals surface area contributed by atoms with Gasteiger partial charge in [0.25, 0.3) is 0 Å². The Morgan fingerprint density at radius 3 is 2.48 bits per heavy atom. The van der Waals surface area contributed by atoms with Crippen molar-refractivity contribution in [1.82, 2.24) is 15.2 Å². The number of nitrogens with one attached hydrogen (secondary N) is 2. The number of pyridine rings is 1. The molecule has 1 amide bonds. The number of carbonyl (C=O) groups excluding carboxylic acids is 1. The number of carbonyl (C=O) groups is 1. The van der Waals surface area contributed by atoms with Crippen molar-refractivity contribution in [3.05, 3.63) is 35.9 Å². The summed E-state index contributed by atoms with van der Waals surface area (Å²) in [6, 6.07) is 6.19. The lowest BCUT2D eigenvalue weighted by molar-refractivity contribution is -0.514. The summed E-state index contributed by atoms with van der Waals surface area (Å²) >= 11 is 0. The zero-order valence-corrected chi connectivity index (χ0v) is 18.6. The van der Waals surface area contributed by atoms with Crippen molar-refractivity contribution in [2.45, 2.75) is 69.6 Å². The molecule has 4 saturated carbocycles. The van der Waals surface area contributed by atoms with E-state index in [4.69, 9.17) is 4.74 Å². The zero-order chi connectivity index (χ0) is 21.0. The molecule has 5 fully saturated rings. The Hall–Kier alpha value is -1.92. The zero-order valence-electron chi connectivity index (χ0n) is 18.6. The van der Waals surface area contributed by atoms with E-state index in [1.54, 1.807) is 0 Å². The number of likely N-dealkylation sites (tertiary alicyclic amines) is 1. The SMILES string of the molecule is COC1CCN(Cc2[nH]c(C(=O)NC34CC5CC(CC(C5)C3)C4)[n+]3ccccc23)CC1. The number of nitrogens with zero attached hydrogens (tertiary/aromatic N) is 2. The first kappa shape index (κ1) is 19.7. The highest BCUT2D eigenvalue weighted by Gasteiger charge is 2.52. The van der Waals surface area contributed by atoms with Crippen LogP contribution < -0.4 is 9.72 Å². The number of ether oxygens (including phenoxy) is 1. The molecule has 1 aliphatic heterocycles. The molecular formula is C25H35N4O2+. The first-order valence-electron chi connectivity index (χ1n) is 12.2. The van der Waals surface area contributed by atoms with Gasteiger partial charge in [0.1, 0.15) is 0 Å². The lowest BCUT2D eigenvalue weighted by Crippen LogP contribution is -2.60. The summed E-state index contributed by atoms with van der Waals surface area (Å²) in [5, 5.41) is 3.54. The molecule has 6 nitrogen and oxygen atoms in total. The molecule has 4 aliphatic carbocycles. The van der Waals surface area contributed by atoms with E-state index in [0.29, 0.717) is 11.9 Å². The van der Waals surface area contributed by atoms with Gasteiger partial charge in [0.15, 0.2) is 11.2 Å². The van der Waals surface area contributed by atoms with Crippen LogP contribution in [0.3, 0.4) is 0 Å². The maximum absolute atomic E-state index is 13.5. The molecule has 7 rings (SSSR count). The summed E-state index contributed by atoms with van der Waals surface area (Å²) in [7, 11) is 1.81. The van der Waals surface area contributed by atoms with Gasteiger partial charge in [-0.1, -0.05) is 6.07 Å². The number of piperidine rings is 1. The summed E-state index contributed by atoms with van der Waals surface area (Å²) in [4.78, 5) is 19.5. The van der Waals surface area contributed by atoms with Gasteiger partial charge in [-0.3, -0.25) is 9.69 Å². The number of hydrogen-bond acceptors (Lipinski definition) is 3. The molecule has 2 aromatic heterocycles. The van der Waals surface area contributed by atoms with Crippen LogP contribution in [-0.4, -0.2) is 47.6 Å². The molecule has 2 aromatic rings. The molecule has 0 radical (unpaired) electrons. The Kier molecular flexibility index (Phi) is 4.83. The van der Waals surface area contributed by atoms with E-state index in [1.165, 1.54) is 38.5 Å². The van der Waals surface area contributed by atoms with Gasteiger partial charge in [0.05, 0.1) is 18.8 Å². The van der Waals surface area contributed by atoms with Gasteiger partial charge in [-0.05, 0) is 81.3 Å². The van der Waals surface area contributed by atoms with Crippen molar-refractivity contribution >= 4 is 11.4 Å². The van der Waals surface area contributed by atoms with Crippen LogP contribution in [0.2, 0.25) is 0 Å². The van der Waals surface area contributed by atoms with E-state index in [2.05, 4.69) is 27.3 Å². The highest BCUT2D eigenvalue weighted by molar-refractivity contribution is 5.90. The molecule has 0 unspecified atom stereocenters. The highest BCUT2D eigenvalue weighted by Crippen LogP contribution is 2.55. The van der Waals surface area contributed by atoms with E-state index in [1.807, 2.05) is 23.8 Å². The van der Waals surface area contributed by atoms with Crippen molar-refractivity contribution < 1.29 is 13.9 Å². The highest BCUT2D eigenvalue weighted by atomic mass is 16.5. The van der Waals surface area contributed by atoms with Crippen molar-refractivity contribution in [2.24, 2.45) is 17.8 Å². The number of fused-ring (bicyclic) bond motifs is 1. The monoisotopic (exact) mass is 423 g/mol. The van der Waals surface area contributed by atoms with Crippen LogP contribution in [0.4, 0.5) is 0 Å². The molecule has 3 heterocycles. The Labute approximate surface area is 184 Å². The molecule has 0 aromatic carbocycles. The average Bonchev–Trinajstić information content (AvgIpc) is 3.12. The summed E-state index contributed by atoms with van der Waals surface area (Å²) in [6.07, 6.45) is 12.2. The second-order valence-electron chi connectivity index (χ2n) is 10.8. The molecule has 0 spiro atoms. The summed E-state index contributed by atoms with van der Waals surface area (Å²) in [5.74, 6) is 3.21. The van der Waals surface area contributed by atoms with Crippen LogP contribution in [-0.2, 0) is 11.3 Å². The molecule has 4 bridgehead atoms. The van der Waals surface area contributed by atoms with Crippen LogP contribution >= 0.6 is 0 Å². The van der Waals surface area contributed by atoms with Gasteiger partial charge in [0, 0.05) is 25.7 Å². The minimum absolute atomic E-state index is 0.0286. The standard InChI is InChI=1S/C25H34N4O2/c1-31-20-5-8-28(9-6-20)16-21-22-4-2-3-7-29(22)23(26-21)24(30)27-25-13-17-10-18(14-25)12-19(11-17)15-25/h2-4,7,17-20H,5-6,8-16H2,1H3,(H,27,30)/p+1. The topological polar surface area (TPSA) is 61.5 Å². The normalized spacial score (nSPS) is 33.3. The second-order valence-corrected chi connectivity index (χ2v) is 10.8. The van der Waals surface area contributed by atoms with E-state index >= 15 is 0 Å². The summed E-state index contributed by atoms with van der Waals surface area (Å²) in [6.45, 7) is 2.91.